The van der Waals surface area contributed by atoms with Crippen molar-refractivity contribution < 1.29 is 42.6 Å². The number of hydrogen-bond donors (Lipinski definition) is 0. The molecule has 0 bridgehead atoms. The van der Waals surface area contributed by atoms with E-state index in [1.165, 1.54) is 41.5 Å². The predicted molar refractivity (Wildman–Crippen MR) is 225 cm³/mol. The number of hydrogen-bond acceptors (Lipinski definition) is 9. The molecule has 0 amide bonds. The molecule has 0 N–H and O–H groups in total. The predicted octanol–water partition coefficient (Wildman–Crippen LogP) is 9.10. The van der Waals surface area contributed by atoms with Crippen LogP contribution < -0.4 is 18.9 Å². The molecule has 9 nitrogen and oxygen atoms in total. The highest BCUT2D eigenvalue weighted by molar-refractivity contribution is 5.43. The minimum Gasteiger partial charge on any atom is -0.494 e. The first kappa shape index (κ1) is 42.0. The Kier molecular flexibility index (Phi) is 14.7. The molecule has 0 aromatic heterocycles. The summed E-state index contributed by atoms with van der Waals surface area (Å²) in [7, 11) is 0. The van der Waals surface area contributed by atoms with Gasteiger partial charge in [0.1, 0.15) is 54.5 Å². The van der Waals surface area contributed by atoms with Crippen LogP contribution in [0.4, 0.5) is 0 Å². The molecule has 4 heterocycles. The SMILES string of the molecule is CC(C)(c1ccc(OCC2CO2)cc1)c1ccc(OCC2CO2)cc1.CC(C)(c1ccc(OCCCCCC2CO2)cc1)c1ccc(OCCCOCC2CO2)cc1. The highest BCUT2D eigenvalue weighted by atomic mass is 16.6. The Bertz CT molecular complexity index is 1660. The lowest BCUT2D eigenvalue weighted by Gasteiger charge is -2.26. The van der Waals surface area contributed by atoms with Crippen molar-refractivity contribution in [2.45, 2.75) is 95.0 Å². The number of unbranched alkanes of at least 4 members (excludes halogenated alkanes) is 2. The molecule has 312 valence electrons. The average Bonchev–Trinajstić information content (AvgIpc) is 4.03. The van der Waals surface area contributed by atoms with Crippen LogP contribution in [0.15, 0.2) is 97.1 Å². The molecule has 58 heavy (non-hydrogen) atoms. The average molecular weight is 795 g/mol. The van der Waals surface area contributed by atoms with Gasteiger partial charge in [-0.15, -0.1) is 0 Å². The van der Waals surface area contributed by atoms with Gasteiger partial charge in [0.2, 0.25) is 0 Å². The van der Waals surface area contributed by atoms with Gasteiger partial charge in [-0.1, -0.05) is 82.6 Å². The third-order valence-electron chi connectivity index (χ3n) is 11.2. The lowest BCUT2D eigenvalue weighted by Crippen LogP contribution is -2.18. The quantitative estimate of drug-likeness (QED) is 0.0509. The maximum atomic E-state index is 5.93. The maximum absolute atomic E-state index is 5.93. The van der Waals surface area contributed by atoms with E-state index in [9.17, 15) is 0 Å². The highest BCUT2D eigenvalue weighted by Crippen LogP contribution is 2.35. The van der Waals surface area contributed by atoms with Crippen molar-refractivity contribution in [1.29, 1.82) is 0 Å². The summed E-state index contributed by atoms with van der Waals surface area (Å²) in [6, 6.07) is 33.7. The fraction of sp³-hybridized carbons (Fsp3) is 0.510. The molecule has 4 unspecified atom stereocenters. The molecule has 0 aliphatic carbocycles. The summed E-state index contributed by atoms with van der Waals surface area (Å²) >= 11 is 0. The van der Waals surface area contributed by atoms with Crippen LogP contribution in [0.25, 0.3) is 0 Å². The van der Waals surface area contributed by atoms with E-state index in [1.54, 1.807) is 0 Å². The first-order valence-electron chi connectivity index (χ1n) is 21.2. The Morgan fingerprint density at radius 3 is 1.12 bits per heavy atom. The van der Waals surface area contributed by atoms with Crippen LogP contribution in [-0.4, -0.2) is 90.5 Å². The van der Waals surface area contributed by atoms with Crippen LogP contribution in [0, 0.1) is 0 Å². The second-order valence-corrected chi connectivity index (χ2v) is 16.8. The zero-order valence-electron chi connectivity index (χ0n) is 34.8. The summed E-state index contributed by atoms with van der Waals surface area (Å²) in [6.45, 7) is 16.5. The Morgan fingerprint density at radius 1 is 0.397 bits per heavy atom. The molecular weight excluding hydrogens is 733 g/mol. The Labute approximate surface area is 345 Å². The number of rotatable bonds is 24. The fourth-order valence-electron chi connectivity index (χ4n) is 6.72. The van der Waals surface area contributed by atoms with Crippen LogP contribution in [0.2, 0.25) is 0 Å². The molecule has 0 spiro atoms. The van der Waals surface area contributed by atoms with Crippen LogP contribution >= 0.6 is 0 Å². The molecule has 4 aliphatic rings. The van der Waals surface area contributed by atoms with E-state index in [-0.39, 0.29) is 23.0 Å². The molecule has 4 aromatic carbocycles. The van der Waals surface area contributed by atoms with Crippen molar-refractivity contribution in [3.63, 3.8) is 0 Å². The van der Waals surface area contributed by atoms with Crippen LogP contribution in [0.3, 0.4) is 0 Å². The third kappa shape index (κ3) is 13.5. The summed E-state index contributed by atoms with van der Waals surface area (Å²) in [5, 5.41) is 0. The van der Waals surface area contributed by atoms with E-state index in [0.29, 0.717) is 45.2 Å². The van der Waals surface area contributed by atoms with Crippen LogP contribution in [0.1, 0.15) is 82.1 Å². The molecule has 8 rings (SSSR count). The van der Waals surface area contributed by atoms with Gasteiger partial charge in [0.05, 0.1) is 52.4 Å². The van der Waals surface area contributed by atoms with Crippen molar-refractivity contribution in [2.75, 3.05) is 66.1 Å². The van der Waals surface area contributed by atoms with E-state index in [2.05, 4.69) is 100 Å². The maximum Gasteiger partial charge on any atom is 0.119 e. The normalized spacial score (nSPS) is 20.3. The molecule has 4 saturated heterocycles. The molecule has 9 heteroatoms. The molecule has 0 radical (unpaired) electrons. The zero-order valence-corrected chi connectivity index (χ0v) is 34.8. The number of epoxide rings is 4. The van der Waals surface area contributed by atoms with E-state index in [0.717, 1.165) is 68.9 Å². The van der Waals surface area contributed by atoms with Gasteiger partial charge in [0, 0.05) is 23.9 Å². The van der Waals surface area contributed by atoms with Crippen LogP contribution in [-0.2, 0) is 34.5 Å². The van der Waals surface area contributed by atoms with Crippen molar-refractivity contribution in [2.24, 2.45) is 0 Å². The van der Waals surface area contributed by atoms with E-state index >= 15 is 0 Å². The molecule has 0 saturated carbocycles. The summed E-state index contributed by atoms with van der Waals surface area (Å²) in [5.74, 6) is 3.62. The summed E-state index contributed by atoms with van der Waals surface area (Å²) in [4.78, 5) is 0. The zero-order chi connectivity index (χ0) is 40.2. The van der Waals surface area contributed by atoms with Crippen molar-refractivity contribution in [1.82, 2.24) is 0 Å². The smallest absolute Gasteiger partial charge is 0.119 e. The Balaban J connectivity index is 0.000000183. The standard InChI is InChI=1S/C28H38O5.C21H24O4/c1-28(2,22-8-12-24(13-9-22)30-17-5-3-4-7-26-20-32-26)23-10-14-25(15-11-23)31-18-6-16-29-19-27-21-33-27;1-21(2,15-3-7-17(8-4-15)22-11-19-13-24-19)16-5-9-18(10-6-16)23-12-20-14-25-20/h8-15,26-27H,3-7,16-21H2,1-2H3;3-10,19-20H,11-14H2,1-2H3. The lowest BCUT2D eigenvalue weighted by molar-refractivity contribution is 0.104. The van der Waals surface area contributed by atoms with Gasteiger partial charge < -0.3 is 42.6 Å². The van der Waals surface area contributed by atoms with Crippen molar-refractivity contribution in [3.05, 3.63) is 119 Å². The van der Waals surface area contributed by atoms with Gasteiger partial charge in [-0.2, -0.15) is 0 Å². The molecule has 4 fully saturated rings. The molecular formula is C49H62O9. The highest BCUT2D eigenvalue weighted by Gasteiger charge is 2.27. The van der Waals surface area contributed by atoms with E-state index in [1.807, 2.05) is 24.3 Å². The first-order chi connectivity index (χ1) is 28.2. The molecule has 4 aromatic rings. The van der Waals surface area contributed by atoms with Gasteiger partial charge in [-0.3, -0.25) is 0 Å². The molecule has 4 atom stereocenters. The van der Waals surface area contributed by atoms with Gasteiger partial charge in [-0.25, -0.2) is 0 Å². The summed E-state index contributed by atoms with van der Waals surface area (Å²) < 4.78 is 49.5. The lowest BCUT2D eigenvalue weighted by atomic mass is 9.78. The van der Waals surface area contributed by atoms with E-state index < -0.39 is 0 Å². The first-order valence-corrected chi connectivity index (χ1v) is 21.2. The van der Waals surface area contributed by atoms with E-state index in [4.69, 9.17) is 42.6 Å². The van der Waals surface area contributed by atoms with Gasteiger partial charge >= 0.3 is 0 Å². The van der Waals surface area contributed by atoms with Gasteiger partial charge in [-0.05, 0) is 90.0 Å². The largest absolute Gasteiger partial charge is 0.494 e. The minimum absolute atomic E-state index is 0.0870. The summed E-state index contributed by atoms with van der Waals surface area (Å²) in [6.07, 6.45) is 7.04. The minimum atomic E-state index is -0.0966. The van der Waals surface area contributed by atoms with Crippen LogP contribution in [0.5, 0.6) is 23.0 Å². The van der Waals surface area contributed by atoms with Gasteiger partial charge in [0.25, 0.3) is 0 Å². The molecule has 4 aliphatic heterocycles. The van der Waals surface area contributed by atoms with Gasteiger partial charge in [0.15, 0.2) is 0 Å². The Hall–Kier alpha value is -4.12. The second-order valence-electron chi connectivity index (χ2n) is 16.8. The monoisotopic (exact) mass is 794 g/mol. The summed E-state index contributed by atoms with van der Waals surface area (Å²) in [5.41, 5.74) is 4.85. The fourth-order valence-corrected chi connectivity index (χ4v) is 6.72. The number of benzene rings is 4. The third-order valence-corrected chi connectivity index (χ3v) is 11.2. The topological polar surface area (TPSA) is 96.3 Å². The number of ether oxygens (including phenoxy) is 9. The van der Waals surface area contributed by atoms with Crippen molar-refractivity contribution >= 4 is 0 Å². The Morgan fingerprint density at radius 2 is 0.741 bits per heavy atom. The second kappa shape index (κ2) is 20.2. The van der Waals surface area contributed by atoms with Crippen molar-refractivity contribution in [3.8, 4) is 23.0 Å².